The summed E-state index contributed by atoms with van der Waals surface area (Å²) in [5, 5.41) is 6.96. The molecule has 6 heteroatoms. The van der Waals surface area contributed by atoms with Crippen molar-refractivity contribution in [1.29, 1.82) is 0 Å². The van der Waals surface area contributed by atoms with E-state index in [2.05, 4.69) is 136 Å². The highest BCUT2D eigenvalue weighted by Gasteiger charge is 2.24. The lowest BCUT2D eigenvalue weighted by atomic mass is 10.0. The minimum Gasteiger partial charge on any atom is -0.290 e. The molecule has 0 aliphatic heterocycles. The molecule has 5 nitrogen and oxygen atoms in total. The fourth-order valence-electron chi connectivity index (χ4n) is 7.53. The third-order valence-electron chi connectivity index (χ3n) is 9.50. The molecule has 218 valence electrons. The lowest BCUT2D eigenvalue weighted by Gasteiger charge is -2.12. The van der Waals surface area contributed by atoms with Crippen molar-refractivity contribution in [3.8, 4) is 17.2 Å². The molecule has 0 radical (unpaired) electrons. The van der Waals surface area contributed by atoms with Gasteiger partial charge in [0.2, 0.25) is 5.95 Å². The predicted molar refractivity (Wildman–Crippen MR) is 196 cm³/mol. The largest absolute Gasteiger partial charge is 0.290 e. The SMILES string of the molecule is c1ccc(-c2nc(-n3c4ccccc4c4c5c(ccc43)c3sc4ccccc4c3n3c4ccccc4nc53)nc3ccccc23)cc1. The number of nitrogens with zero attached hydrogens (tertiary/aromatic N) is 5. The standard InChI is InChI=1S/C41H23N5S/c1-2-12-24(13-3-1)37-25-14-4-7-17-29(25)43-41(44-37)45-31-19-9-5-15-26(31)35-33(45)23-22-28-36(35)40-42-30-18-8-10-20-32(30)46(40)38-27-16-6-11-21-34(27)47-39(28)38/h1-23H. The highest BCUT2D eigenvalue weighted by atomic mass is 32.1. The van der Waals surface area contributed by atoms with Crippen LogP contribution in [0.3, 0.4) is 0 Å². The number of para-hydroxylation sites is 4. The fourth-order valence-corrected chi connectivity index (χ4v) is 8.75. The second-order valence-electron chi connectivity index (χ2n) is 12.0. The van der Waals surface area contributed by atoms with Crippen molar-refractivity contribution >= 4 is 91.8 Å². The maximum Gasteiger partial charge on any atom is 0.235 e. The van der Waals surface area contributed by atoms with E-state index in [-0.39, 0.29) is 0 Å². The molecule has 0 aliphatic rings. The summed E-state index contributed by atoms with van der Waals surface area (Å²) in [4.78, 5) is 15.8. The Morgan fingerprint density at radius 3 is 2.04 bits per heavy atom. The van der Waals surface area contributed by atoms with Crippen LogP contribution in [0.25, 0.3) is 97.7 Å². The smallest absolute Gasteiger partial charge is 0.235 e. The van der Waals surface area contributed by atoms with Crippen LogP contribution in [0.15, 0.2) is 140 Å². The van der Waals surface area contributed by atoms with E-state index in [9.17, 15) is 0 Å². The first-order valence-corrected chi connectivity index (χ1v) is 16.5. The first-order chi connectivity index (χ1) is 23.3. The Labute approximate surface area is 271 Å². The van der Waals surface area contributed by atoms with E-state index in [0.717, 1.165) is 66.0 Å². The van der Waals surface area contributed by atoms with Crippen LogP contribution in [-0.2, 0) is 0 Å². The van der Waals surface area contributed by atoms with Crippen LogP contribution in [0.5, 0.6) is 0 Å². The van der Waals surface area contributed by atoms with Crippen LogP contribution in [0.4, 0.5) is 0 Å². The lowest BCUT2D eigenvalue weighted by molar-refractivity contribution is 1.01. The molecule has 0 saturated carbocycles. The van der Waals surface area contributed by atoms with Crippen LogP contribution in [0.2, 0.25) is 0 Å². The Morgan fingerprint density at radius 2 is 1.17 bits per heavy atom. The molecule has 0 atom stereocenters. The van der Waals surface area contributed by atoms with Crippen molar-refractivity contribution in [2.45, 2.75) is 0 Å². The molecule has 0 amide bonds. The van der Waals surface area contributed by atoms with Crippen molar-refractivity contribution in [2.75, 3.05) is 0 Å². The van der Waals surface area contributed by atoms with Gasteiger partial charge < -0.3 is 0 Å². The number of hydrogen-bond acceptors (Lipinski definition) is 4. The predicted octanol–water partition coefficient (Wildman–Crippen LogP) is 10.7. The number of hydrogen-bond donors (Lipinski definition) is 0. The Balaban J connectivity index is 1.36. The second-order valence-corrected chi connectivity index (χ2v) is 13.1. The van der Waals surface area contributed by atoms with E-state index in [1.807, 2.05) is 23.5 Å². The molecular weight excluding hydrogens is 595 g/mol. The summed E-state index contributed by atoms with van der Waals surface area (Å²) in [5.74, 6) is 0.653. The Kier molecular flexibility index (Phi) is 4.93. The lowest BCUT2D eigenvalue weighted by Crippen LogP contribution is -2.03. The summed E-state index contributed by atoms with van der Waals surface area (Å²) >= 11 is 1.86. The van der Waals surface area contributed by atoms with Crippen molar-refractivity contribution in [3.05, 3.63) is 140 Å². The van der Waals surface area contributed by atoms with Crippen LogP contribution in [0, 0.1) is 0 Å². The summed E-state index contributed by atoms with van der Waals surface area (Å²) < 4.78 is 7.16. The molecule has 6 aromatic carbocycles. The van der Waals surface area contributed by atoms with Gasteiger partial charge in [0.15, 0.2) is 0 Å². The third kappa shape index (κ3) is 3.34. The maximum absolute atomic E-state index is 5.34. The molecule has 0 fully saturated rings. The van der Waals surface area contributed by atoms with Gasteiger partial charge in [-0.2, -0.15) is 0 Å². The van der Waals surface area contributed by atoms with Gasteiger partial charge in [0.05, 0.1) is 43.5 Å². The van der Waals surface area contributed by atoms with Gasteiger partial charge in [-0.05, 0) is 36.4 Å². The number of fused-ring (bicyclic) bond motifs is 15. The van der Waals surface area contributed by atoms with E-state index in [4.69, 9.17) is 15.0 Å². The Hall–Kier alpha value is -6.11. The molecule has 11 rings (SSSR count). The molecule has 11 aromatic rings. The maximum atomic E-state index is 5.34. The molecule has 0 N–H and O–H groups in total. The van der Waals surface area contributed by atoms with Crippen molar-refractivity contribution < 1.29 is 0 Å². The summed E-state index contributed by atoms with van der Waals surface area (Å²) in [5.41, 5.74) is 9.31. The minimum absolute atomic E-state index is 0.653. The topological polar surface area (TPSA) is 48.0 Å². The van der Waals surface area contributed by atoms with Gasteiger partial charge in [0.1, 0.15) is 5.65 Å². The number of benzene rings is 6. The zero-order chi connectivity index (χ0) is 30.6. The van der Waals surface area contributed by atoms with Gasteiger partial charge >= 0.3 is 0 Å². The van der Waals surface area contributed by atoms with Gasteiger partial charge in [0, 0.05) is 42.6 Å². The molecular formula is C41H23N5S. The summed E-state index contributed by atoms with van der Waals surface area (Å²) in [6.45, 7) is 0. The van der Waals surface area contributed by atoms with Crippen LogP contribution < -0.4 is 0 Å². The first kappa shape index (κ1) is 25.1. The minimum atomic E-state index is 0.653. The van der Waals surface area contributed by atoms with Crippen LogP contribution in [-0.4, -0.2) is 23.9 Å². The molecule has 47 heavy (non-hydrogen) atoms. The molecule has 0 aliphatic carbocycles. The van der Waals surface area contributed by atoms with Gasteiger partial charge in [0.25, 0.3) is 0 Å². The molecule has 5 aromatic heterocycles. The van der Waals surface area contributed by atoms with Gasteiger partial charge in [-0.3, -0.25) is 8.97 Å². The van der Waals surface area contributed by atoms with Crippen molar-refractivity contribution in [3.63, 3.8) is 0 Å². The average molecular weight is 618 g/mol. The zero-order valence-electron chi connectivity index (χ0n) is 24.9. The molecule has 0 saturated heterocycles. The third-order valence-corrected chi connectivity index (χ3v) is 10.7. The highest BCUT2D eigenvalue weighted by Crippen LogP contribution is 2.45. The average Bonchev–Trinajstić information content (AvgIpc) is 3.81. The summed E-state index contributed by atoms with van der Waals surface area (Å²) in [6, 6.07) is 49.0. The zero-order valence-corrected chi connectivity index (χ0v) is 25.7. The monoisotopic (exact) mass is 617 g/mol. The van der Waals surface area contributed by atoms with Crippen molar-refractivity contribution in [1.82, 2.24) is 23.9 Å². The molecule has 0 spiro atoms. The van der Waals surface area contributed by atoms with Crippen LogP contribution in [0.1, 0.15) is 0 Å². The highest BCUT2D eigenvalue weighted by molar-refractivity contribution is 7.26. The van der Waals surface area contributed by atoms with E-state index in [1.54, 1.807) is 0 Å². The van der Waals surface area contributed by atoms with Crippen LogP contribution >= 0.6 is 11.3 Å². The number of pyridine rings is 1. The van der Waals surface area contributed by atoms with E-state index < -0.39 is 0 Å². The number of imidazole rings is 1. The normalized spacial score (nSPS) is 12.3. The molecule has 5 heterocycles. The second kappa shape index (κ2) is 9.22. The summed E-state index contributed by atoms with van der Waals surface area (Å²) in [7, 11) is 0. The van der Waals surface area contributed by atoms with E-state index >= 15 is 0 Å². The van der Waals surface area contributed by atoms with Gasteiger partial charge in [-0.15, -0.1) is 11.3 Å². The van der Waals surface area contributed by atoms with Gasteiger partial charge in [-0.1, -0.05) is 103 Å². The quantitative estimate of drug-likeness (QED) is 0.194. The number of aromatic nitrogens is 5. The Morgan fingerprint density at radius 1 is 0.468 bits per heavy atom. The number of thiophene rings is 1. The van der Waals surface area contributed by atoms with Crippen molar-refractivity contribution in [2.24, 2.45) is 0 Å². The number of rotatable bonds is 2. The molecule has 0 unspecified atom stereocenters. The molecule has 0 bridgehead atoms. The van der Waals surface area contributed by atoms with E-state index in [1.165, 1.54) is 25.7 Å². The first-order valence-electron chi connectivity index (χ1n) is 15.7. The van der Waals surface area contributed by atoms with Gasteiger partial charge in [-0.25, -0.2) is 15.0 Å². The summed E-state index contributed by atoms with van der Waals surface area (Å²) in [6.07, 6.45) is 0. The fraction of sp³-hybridized carbons (Fsp3) is 0. The van der Waals surface area contributed by atoms with E-state index in [0.29, 0.717) is 5.95 Å². The Bertz CT molecular complexity index is 3080.